The molecule has 0 aromatic carbocycles. The molecule has 0 saturated carbocycles. The van der Waals surface area contributed by atoms with Gasteiger partial charge in [0.2, 0.25) is 0 Å². The summed E-state index contributed by atoms with van der Waals surface area (Å²) in [5.41, 5.74) is 0. The van der Waals surface area contributed by atoms with Crippen LogP contribution in [-0.4, -0.2) is 24.0 Å². The third kappa shape index (κ3) is 17.7. The van der Waals surface area contributed by atoms with Crippen LogP contribution in [-0.2, 0) is 0 Å². The van der Waals surface area contributed by atoms with Gasteiger partial charge >= 0.3 is 0 Å². The highest BCUT2D eigenvalue weighted by Crippen LogP contribution is 2.14. The first kappa shape index (κ1) is 21.6. The van der Waals surface area contributed by atoms with Crippen LogP contribution >= 0.6 is 0 Å². The fourth-order valence-electron chi connectivity index (χ4n) is 2.90. The van der Waals surface area contributed by atoms with Crippen molar-refractivity contribution in [2.24, 2.45) is 4.99 Å². The minimum absolute atomic E-state index is 0.0392. The smallest absolute Gasteiger partial charge is 0.0540 e. The fourth-order valence-corrected chi connectivity index (χ4v) is 2.90. The van der Waals surface area contributed by atoms with E-state index < -0.39 is 0 Å². The second-order valence-corrected chi connectivity index (χ2v) is 6.64. The van der Waals surface area contributed by atoms with Crippen molar-refractivity contribution in [2.45, 2.75) is 116 Å². The lowest BCUT2D eigenvalue weighted by Crippen LogP contribution is -2.05. The van der Waals surface area contributed by atoms with Gasteiger partial charge in [0.05, 0.1) is 6.10 Å². The Bertz CT molecular complexity index is 228. The molecule has 2 heteroatoms. The fraction of sp³-hybridized carbons (Fsp3) is 0.950. The largest absolute Gasteiger partial charge is 0.393 e. The average molecular weight is 312 g/mol. The van der Waals surface area contributed by atoms with E-state index in [1.807, 2.05) is 13.1 Å². The van der Waals surface area contributed by atoms with Crippen LogP contribution < -0.4 is 0 Å². The Morgan fingerprint density at radius 3 is 1.68 bits per heavy atom. The predicted octanol–water partition coefficient (Wildman–Crippen LogP) is 6.31. The zero-order valence-corrected chi connectivity index (χ0v) is 15.4. The van der Waals surface area contributed by atoms with Crippen molar-refractivity contribution in [3.05, 3.63) is 0 Å². The zero-order chi connectivity index (χ0) is 16.3. The second kappa shape index (κ2) is 18.7. The first-order chi connectivity index (χ1) is 10.8. The molecular weight excluding hydrogens is 270 g/mol. The Labute approximate surface area is 139 Å². The highest BCUT2D eigenvalue weighted by Gasteiger charge is 2.03. The number of hydrogen-bond acceptors (Lipinski definition) is 2. The molecule has 0 spiro atoms. The van der Waals surface area contributed by atoms with Crippen molar-refractivity contribution < 1.29 is 5.11 Å². The maximum atomic E-state index is 9.90. The van der Waals surface area contributed by atoms with Gasteiger partial charge in [-0.05, 0) is 32.4 Å². The Morgan fingerprint density at radius 2 is 1.18 bits per heavy atom. The van der Waals surface area contributed by atoms with Gasteiger partial charge in [-0.1, -0.05) is 84.0 Å². The molecule has 0 aromatic heterocycles. The number of aliphatic hydroxyl groups is 1. The summed E-state index contributed by atoms with van der Waals surface area (Å²) in [6.45, 7) is 5.24. The van der Waals surface area contributed by atoms with E-state index >= 15 is 0 Å². The summed E-state index contributed by atoms with van der Waals surface area (Å²) in [6, 6.07) is 0. The van der Waals surface area contributed by atoms with Crippen LogP contribution in [0.3, 0.4) is 0 Å². The Morgan fingerprint density at radius 1 is 0.727 bits per heavy atom. The molecule has 0 heterocycles. The molecule has 1 unspecified atom stereocenters. The van der Waals surface area contributed by atoms with Gasteiger partial charge in [-0.25, -0.2) is 0 Å². The van der Waals surface area contributed by atoms with Crippen LogP contribution in [0.1, 0.15) is 110 Å². The molecule has 0 fully saturated rings. The van der Waals surface area contributed by atoms with E-state index in [9.17, 15) is 5.11 Å². The number of nitrogens with zero attached hydrogens (tertiary/aromatic N) is 1. The lowest BCUT2D eigenvalue weighted by molar-refractivity contribution is 0.147. The molecule has 0 aliphatic heterocycles. The van der Waals surface area contributed by atoms with E-state index in [2.05, 4.69) is 11.9 Å². The van der Waals surface area contributed by atoms with Crippen molar-refractivity contribution in [1.29, 1.82) is 0 Å². The molecule has 0 radical (unpaired) electrons. The maximum absolute atomic E-state index is 9.90. The van der Waals surface area contributed by atoms with Gasteiger partial charge in [-0.3, -0.25) is 4.99 Å². The topological polar surface area (TPSA) is 32.6 Å². The Kier molecular flexibility index (Phi) is 18.4. The predicted molar refractivity (Wildman–Crippen MR) is 100.0 cm³/mol. The van der Waals surface area contributed by atoms with Crippen molar-refractivity contribution in [3.63, 3.8) is 0 Å². The zero-order valence-electron chi connectivity index (χ0n) is 15.4. The highest BCUT2D eigenvalue weighted by molar-refractivity contribution is 5.53. The summed E-state index contributed by atoms with van der Waals surface area (Å²) < 4.78 is 0. The first-order valence-electron chi connectivity index (χ1n) is 9.93. The summed E-state index contributed by atoms with van der Waals surface area (Å²) in [5.74, 6) is 0. The minimum atomic E-state index is -0.0392. The first-order valence-corrected chi connectivity index (χ1v) is 9.93. The number of aliphatic hydroxyl groups excluding tert-OH is 1. The van der Waals surface area contributed by atoms with Gasteiger partial charge in [0.15, 0.2) is 0 Å². The van der Waals surface area contributed by atoms with Crippen LogP contribution in [0.4, 0.5) is 0 Å². The van der Waals surface area contributed by atoms with E-state index in [4.69, 9.17) is 0 Å². The Balaban J connectivity index is 3.10. The Hall–Kier alpha value is -0.370. The van der Waals surface area contributed by atoms with Gasteiger partial charge < -0.3 is 5.11 Å². The molecule has 0 amide bonds. The third-order valence-corrected chi connectivity index (χ3v) is 4.40. The summed E-state index contributed by atoms with van der Waals surface area (Å²) in [6.07, 6.45) is 21.0. The monoisotopic (exact) mass is 311 g/mol. The highest BCUT2D eigenvalue weighted by atomic mass is 16.3. The maximum Gasteiger partial charge on any atom is 0.0540 e. The van der Waals surface area contributed by atoms with Crippen LogP contribution in [0.15, 0.2) is 4.99 Å². The number of rotatable bonds is 17. The normalized spacial score (nSPS) is 13.0. The van der Waals surface area contributed by atoms with E-state index in [0.29, 0.717) is 0 Å². The standard InChI is InChI=1S/C20H41NO/c1-3-5-6-14-17-20(22)18-15-12-10-8-7-9-11-13-16-19-21-4-2/h4,20,22H,3,5-19H2,1-2H3. The van der Waals surface area contributed by atoms with E-state index in [1.54, 1.807) is 0 Å². The summed E-state index contributed by atoms with van der Waals surface area (Å²) in [7, 11) is 0. The molecule has 0 saturated heterocycles. The van der Waals surface area contributed by atoms with Crippen LogP contribution in [0.5, 0.6) is 0 Å². The van der Waals surface area contributed by atoms with E-state index in [1.165, 1.54) is 83.5 Å². The summed E-state index contributed by atoms with van der Waals surface area (Å²) in [4.78, 5) is 4.24. The van der Waals surface area contributed by atoms with Crippen molar-refractivity contribution in [3.8, 4) is 0 Å². The van der Waals surface area contributed by atoms with Crippen LogP contribution in [0, 0.1) is 0 Å². The van der Waals surface area contributed by atoms with Crippen molar-refractivity contribution >= 4 is 6.21 Å². The third-order valence-electron chi connectivity index (χ3n) is 4.40. The SMILES string of the molecule is CC=NCCCCCCCCCCCC(O)CCCCCC. The van der Waals surface area contributed by atoms with Crippen molar-refractivity contribution in [1.82, 2.24) is 0 Å². The quantitative estimate of drug-likeness (QED) is 0.248. The lowest BCUT2D eigenvalue weighted by atomic mass is 10.0. The van der Waals surface area contributed by atoms with E-state index in [0.717, 1.165) is 19.4 Å². The molecule has 1 atom stereocenters. The van der Waals surface area contributed by atoms with Gasteiger partial charge in [-0.15, -0.1) is 0 Å². The number of aliphatic imine (C=N–C) groups is 1. The molecule has 0 rings (SSSR count). The minimum Gasteiger partial charge on any atom is -0.393 e. The molecule has 22 heavy (non-hydrogen) atoms. The molecular formula is C20H41NO. The van der Waals surface area contributed by atoms with Gasteiger partial charge in [0, 0.05) is 6.54 Å². The number of unbranched alkanes of at least 4 members (excludes halogenated alkanes) is 11. The number of hydrogen-bond donors (Lipinski definition) is 1. The molecule has 1 N–H and O–H groups in total. The molecule has 0 aliphatic carbocycles. The summed E-state index contributed by atoms with van der Waals surface area (Å²) in [5, 5.41) is 9.90. The second-order valence-electron chi connectivity index (χ2n) is 6.64. The molecule has 0 bridgehead atoms. The van der Waals surface area contributed by atoms with Crippen LogP contribution in [0.25, 0.3) is 0 Å². The average Bonchev–Trinajstić information content (AvgIpc) is 2.52. The van der Waals surface area contributed by atoms with Gasteiger partial charge in [0.1, 0.15) is 0 Å². The van der Waals surface area contributed by atoms with E-state index in [-0.39, 0.29) is 6.10 Å². The molecule has 132 valence electrons. The molecule has 2 nitrogen and oxygen atoms in total. The molecule has 0 aliphatic rings. The van der Waals surface area contributed by atoms with Gasteiger partial charge in [0.25, 0.3) is 0 Å². The lowest BCUT2D eigenvalue weighted by Gasteiger charge is -2.10. The molecule has 0 aromatic rings. The van der Waals surface area contributed by atoms with Crippen LogP contribution in [0.2, 0.25) is 0 Å². The van der Waals surface area contributed by atoms with Gasteiger partial charge in [-0.2, -0.15) is 0 Å². The summed E-state index contributed by atoms with van der Waals surface area (Å²) >= 11 is 0. The van der Waals surface area contributed by atoms with Crippen molar-refractivity contribution in [2.75, 3.05) is 6.54 Å².